The van der Waals surface area contributed by atoms with E-state index in [4.69, 9.17) is 9.05 Å². The molecule has 0 amide bonds. The van der Waals surface area contributed by atoms with E-state index in [-0.39, 0.29) is 16.6 Å². The van der Waals surface area contributed by atoms with Crippen molar-refractivity contribution in [2.24, 2.45) is 0 Å². The molecule has 0 spiro atoms. The Kier molecular flexibility index (Phi) is 11.3. The fraction of sp³-hybridized carbons (Fsp3) is 0.577. The average molecular weight is 641 g/mol. The Bertz CT molecular complexity index is 1390. The molecule has 1 atom stereocenters. The van der Waals surface area contributed by atoms with Crippen LogP contribution in [0.4, 0.5) is 13.2 Å². The minimum absolute atomic E-state index is 0.229. The maximum Gasteiger partial charge on any atom is 0.511 e. The molecule has 0 aliphatic carbocycles. The summed E-state index contributed by atoms with van der Waals surface area (Å²) in [5.74, 6) is 0.0977. The summed E-state index contributed by atoms with van der Waals surface area (Å²) in [6.45, 7) is 12.9. The highest BCUT2D eigenvalue weighted by atomic mass is 32.2. The number of alkyl halides is 3. The number of benzene rings is 1. The molecule has 2 aromatic rings. The molecular weight excluding hydrogens is 600 g/mol. The Morgan fingerprint density at radius 2 is 1.59 bits per heavy atom. The largest absolute Gasteiger partial charge is 0.511 e. The topological polar surface area (TPSA) is 113 Å². The molecule has 1 N–H and O–H groups in total. The number of esters is 1. The number of ether oxygens (including phenoxy) is 1. The van der Waals surface area contributed by atoms with Gasteiger partial charge >= 0.3 is 29.1 Å². The third-order valence-corrected chi connectivity index (χ3v) is 17.1. The number of nitrogens with one attached hydrogen (secondary N) is 1. The van der Waals surface area contributed by atoms with E-state index < -0.39 is 49.8 Å². The fourth-order valence-electron chi connectivity index (χ4n) is 6.00. The average Bonchev–Trinajstić information content (AvgIpc) is 3.24. The summed E-state index contributed by atoms with van der Waals surface area (Å²) in [6.07, 6.45) is 2.92. The summed E-state index contributed by atoms with van der Waals surface area (Å²) < 4.78 is 94.9. The van der Waals surface area contributed by atoms with Gasteiger partial charge in [0.05, 0.1) is 7.11 Å². The van der Waals surface area contributed by atoms with Crippen molar-refractivity contribution in [2.75, 3.05) is 21.3 Å². The van der Waals surface area contributed by atoms with E-state index in [1.807, 2.05) is 12.3 Å². The quantitative estimate of drug-likeness (QED) is 0.148. The van der Waals surface area contributed by atoms with Gasteiger partial charge in [0, 0.05) is 37.4 Å². The van der Waals surface area contributed by atoms with Crippen LogP contribution in [0.1, 0.15) is 52.7 Å². The Morgan fingerprint density at radius 1 is 1.05 bits per heavy atom. The molecule has 232 valence electrons. The van der Waals surface area contributed by atoms with Crippen LogP contribution in [0.25, 0.3) is 17.0 Å². The molecule has 0 aliphatic heterocycles. The van der Waals surface area contributed by atoms with Gasteiger partial charge in [-0.1, -0.05) is 53.7 Å². The summed E-state index contributed by atoms with van der Waals surface area (Å²) in [4.78, 5) is 12.6. The van der Waals surface area contributed by atoms with Gasteiger partial charge in [0.15, 0.2) is 8.24 Å². The predicted molar refractivity (Wildman–Crippen MR) is 157 cm³/mol. The van der Waals surface area contributed by atoms with E-state index in [2.05, 4.69) is 50.5 Å². The number of carbonyl (C=O) groups excluding carboxylic acids is 1. The monoisotopic (exact) mass is 640 g/mol. The van der Waals surface area contributed by atoms with E-state index in [9.17, 15) is 30.9 Å². The van der Waals surface area contributed by atoms with Crippen molar-refractivity contribution in [3.63, 3.8) is 0 Å². The lowest BCUT2D eigenvalue weighted by atomic mass is 10.0. The number of rotatable bonds is 13. The molecule has 0 saturated heterocycles. The first-order valence-electron chi connectivity index (χ1n) is 13.0. The second-order valence-corrected chi connectivity index (χ2v) is 20.2. The smallest absolute Gasteiger partial charge is 0.468 e. The van der Waals surface area contributed by atoms with Gasteiger partial charge in [-0.25, -0.2) is 8.42 Å². The van der Waals surface area contributed by atoms with Crippen LogP contribution < -0.4 is 4.72 Å². The van der Waals surface area contributed by atoms with Crippen molar-refractivity contribution >= 4 is 48.8 Å². The number of carbonyl (C=O) groups is 1. The lowest BCUT2D eigenvalue weighted by Gasteiger charge is -2.44. The van der Waals surface area contributed by atoms with E-state index in [1.54, 1.807) is 12.1 Å². The molecule has 15 heteroatoms. The first kappa shape index (κ1) is 35.2. The molecule has 0 bridgehead atoms. The number of nitrogens with zero attached hydrogens (tertiary/aromatic N) is 1. The zero-order valence-corrected chi connectivity index (χ0v) is 27.5. The summed E-state index contributed by atoms with van der Waals surface area (Å²) in [5.41, 5.74) is -3.22. The van der Waals surface area contributed by atoms with Gasteiger partial charge in [0.1, 0.15) is 6.04 Å². The summed E-state index contributed by atoms with van der Waals surface area (Å²) >= 11 is 0. The minimum atomic E-state index is -5.87. The number of hydrogen-bond acceptors (Lipinski definition) is 7. The Hall–Kier alpha value is -1.96. The Balaban J connectivity index is 2.98. The highest BCUT2D eigenvalue weighted by molar-refractivity contribution is 7.90. The minimum Gasteiger partial charge on any atom is -0.468 e. The van der Waals surface area contributed by atoms with Gasteiger partial charge in [-0.2, -0.15) is 17.9 Å². The first-order valence-corrected chi connectivity index (χ1v) is 18.3. The van der Waals surface area contributed by atoms with Crippen molar-refractivity contribution < 1.29 is 44.7 Å². The lowest BCUT2D eigenvalue weighted by Crippen LogP contribution is -2.51. The van der Waals surface area contributed by atoms with Gasteiger partial charge in [-0.15, -0.1) is 0 Å². The van der Waals surface area contributed by atoms with Gasteiger partial charge in [0.25, 0.3) is 0 Å². The van der Waals surface area contributed by atoms with Crippen molar-refractivity contribution in [1.29, 1.82) is 0 Å². The summed E-state index contributed by atoms with van der Waals surface area (Å²) in [7, 11) is -8.46. The number of aromatic nitrogens is 1. The number of sulfonamides is 1. The zero-order chi connectivity index (χ0) is 31.6. The first-order chi connectivity index (χ1) is 18.8. The van der Waals surface area contributed by atoms with Crippen LogP contribution in [0.5, 0.6) is 0 Å². The zero-order valence-electron chi connectivity index (χ0n) is 24.8. The SMILES string of the molecule is COC(=O)[C@H](Cc1cn([Si](C(C)C)(C(C)C)C(C)C)c2cccc(/C=C/P(=O)(OC)OC)c12)NS(=O)(=O)C(F)(F)F. The summed E-state index contributed by atoms with van der Waals surface area (Å²) in [6, 6.07) is 3.54. The summed E-state index contributed by atoms with van der Waals surface area (Å²) in [5, 5.41) is 0.571. The highest BCUT2D eigenvalue weighted by Crippen LogP contribution is 2.49. The van der Waals surface area contributed by atoms with Crippen molar-refractivity contribution in [2.45, 2.75) is 76.1 Å². The molecule has 0 unspecified atom stereocenters. The van der Waals surface area contributed by atoms with Gasteiger partial charge in [0.2, 0.25) is 0 Å². The van der Waals surface area contributed by atoms with Gasteiger partial charge in [-0.3, -0.25) is 9.36 Å². The number of fused-ring (bicyclic) bond motifs is 1. The predicted octanol–water partition coefficient (Wildman–Crippen LogP) is 6.64. The van der Waals surface area contributed by atoms with Gasteiger partial charge < -0.3 is 18.0 Å². The number of hydrogen-bond donors (Lipinski definition) is 1. The third-order valence-electron chi connectivity index (χ3n) is 7.59. The molecule has 1 aromatic heterocycles. The lowest BCUT2D eigenvalue weighted by molar-refractivity contribution is -0.142. The van der Waals surface area contributed by atoms with Crippen LogP contribution in [0.15, 0.2) is 30.2 Å². The Labute approximate surface area is 241 Å². The van der Waals surface area contributed by atoms with E-state index in [0.29, 0.717) is 16.5 Å². The maximum absolute atomic E-state index is 13.3. The third kappa shape index (κ3) is 6.99. The molecule has 0 saturated carbocycles. The van der Waals surface area contributed by atoms with Crippen LogP contribution in [0.3, 0.4) is 0 Å². The van der Waals surface area contributed by atoms with E-state index >= 15 is 0 Å². The van der Waals surface area contributed by atoms with Crippen molar-refractivity contribution in [3.8, 4) is 0 Å². The second kappa shape index (κ2) is 13.1. The molecule has 0 radical (unpaired) electrons. The van der Waals surface area contributed by atoms with Crippen LogP contribution in [0.2, 0.25) is 16.6 Å². The molecule has 9 nitrogen and oxygen atoms in total. The molecule has 0 fully saturated rings. The number of methoxy groups -OCH3 is 1. The molecule has 1 heterocycles. The molecule has 41 heavy (non-hydrogen) atoms. The molecule has 0 aliphatic rings. The standard InChI is InChI=1S/C26H40F3N2O7PSSi/c1-17(2)41(18(3)4,19(5)6)31-16-21(15-22(25(32)36-7)30-40(34,35)26(27,28)29)24-20(11-10-12-23(24)31)13-14-39(33,37-8)38-9/h10-14,16-19,22,30H,15H2,1-9H3/b14-13+/t22-/m0/s1. The van der Waals surface area contributed by atoms with Gasteiger partial charge in [-0.05, 0) is 46.1 Å². The van der Waals surface area contributed by atoms with Crippen LogP contribution in [-0.2, 0) is 39.6 Å². The normalized spacial score (nSPS) is 14.6. The van der Waals surface area contributed by atoms with E-state index in [1.165, 1.54) is 30.8 Å². The molecule has 2 rings (SSSR count). The number of halogens is 3. The fourth-order valence-corrected chi connectivity index (χ4v) is 14.1. The van der Waals surface area contributed by atoms with Crippen LogP contribution >= 0.6 is 7.60 Å². The maximum atomic E-state index is 13.3. The van der Waals surface area contributed by atoms with Crippen molar-refractivity contribution in [3.05, 3.63) is 41.3 Å². The Morgan fingerprint density at radius 3 is 2.02 bits per heavy atom. The van der Waals surface area contributed by atoms with Crippen LogP contribution in [-0.4, -0.2) is 59.7 Å². The molecule has 1 aromatic carbocycles. The van der Waals surface area contributed by atoms with E-state index in [0.717, 1.165) is 12.6 Å². The highest BCUT2D eigenvalue weighted by Gasteiger charge is 2.49. The molecular formula is C26H40F3N2O7PSSi. The van der Waals surface area contributed by atoms with Crippen molar-refractivity contribution in [1.82, 2.24) is 8.95 Å². The van der Waals surface area contributed by atoms with Crippen LogP contribution in [0, 0.1) is 0 Å². The second-order valence-electron chi connectivity index (χ2n) is 10.7.